The highest BCUT2D eigenvalue weighted by atomic mass is 16.5. The van der Waals surface area contributed by atoms with Crippen LogP contribution in [-0.2, 0) is 25.5 Å². The van der Waals surface area contributed by atoms with Crippen LogP contribution in [0, 0.1) is 0 Å². The molecule has 1 aromatic carbocycles. The molecule has 0 saturated carbocycles. The van der Waals surface area contributed by atoms with Gasteiger partial charge in [0, 0.05) is 26.1 Å². The molecule has 0 fully saturated rings. The van der Waals surface area contributed by atoms with Crippen molar-refractivity contribution in [3.8, 4) is 0 Å². The topological polar surface area (TPSA) is 55.8 Å². The van der Waals surface area contributed by atoms with E-state index in [1.165, 1.54) is 0 Å². The zero-order chi connectivity index (χ0) is 18.5. The van der Waals surface area contributed by atoms with Crippen molar-refractivity contribution in [2.24, 2.45) is 0 Å². The molecule has 0 aromatic heterocycles. The Morgan fingerprint density at radius 1 is 1.08 bits per heavy atom. The molecule has 0 unspecified atom stereocenters. The third-order valence-corrected chi connectivity index (χ3v) is 3.74. The Morgan fingerprint density at radius 3 is 2.44 bits per heavy atom. The van der Waals surface area contributed by atoms with Gasteiger partial charge < -0.3 is 14.4 Å². The highest BCUT2D eigenvalue weighted by Crippen LogP contribution is 2.07. The lowest BCUT2D eigenvalue weighted by atomic mass is 10.1. The van der Waals surface area contributed by atoms with E-state index in [1.807, 2.05) is 44.2 Å². The predicted molar refractivity (Wildman–Crippen MR) is 98.3 cm³/mol. The number of hydrogen-bond donors (Lipinski definition) is 0. The molecule has 25 heavy (non-hydrogen) atoms. The van der Waals surface area contributed by atoms with Crippen molar-refractivity contribution in [1.29, 1.82) is 0 Å². The number of carbonyl (C=O) groups excluding carboxylic acids is 2. The third kappa shape index (κ3) is 9.87. The van der Waals surface area contributed by atoms with E-state index in [0.717, 1.165) is 12.0 Å². The Kier molecular flexibility index (Phi) is 10.6. The Labute approximate surface area is 151 Å². The molecule has 0 N–H and O–H groups in total. The minimum atomic E-state index is -0.262. The van der Waals surface area contributed by atoms with Crippen molar-refractivity contribution < 1.29 is 19.1 Å². The summed E-state index contributed by atoms with van der Waals surface area (Å²) in [5.41, 5.74) is 1.14. The fourth-order valence-electron chi connectivity index (χ4n) is 2.45. The molecule has 140 valence electrons. The molecule has 0 radical (unpaired) electrons. The molecule has 0 aliphatic rings. The van der Waals surface area contributed by atoms with Gasteiger partial charge >= 0.3 is 5.97 Å². The van der Waals surface area contributed by atoms with E-state index in [-0.39, 0.29) is 24.4 Å². The minimum Gasteiger partial charge on any atom is -0.466 e. The number of carbonyl (C=O) groups is 2. The van der Waals surface area contributed by atoms with Gasteiger partial charge in [-0.15, -0.1) is 0 Å². The van der Waals surface area contributed by atoms with Gasteiger partial charge in [0.2, 0.25) is 5.91 Å². The summed E-state index contributed by atoms with van der Waals surface area (Å²) in [6.45, 7) is 7.73. The molecule has 0 saturated heterocycles. The first kappa shape index (κ1) is 21.2. The highest BCUT2D eigenvalue weighted by Gasteiger charge is 2.15. The van der Waals surface area contributed by atoms with Crippen molar-refractivity contribution in [2.75, 3.05) is 26.3 Å². The second kappa shape index (κ2) is 12.5. The number of nitrogens with zero attached hydrogens (tertiary/aromatic N) is 1. The quantitative estimate of drug-likeness (QED) is 0.429. The van der Waals surface area contributed by atoms with Gasteiger partial charge in [0.05, 0.1) is 19.1 Å². The van der Waals surface area contributed by atoms with Gasteiger partial charge in [0.25, 0.3) is 0 Å². The van der Waals surface area contributed by atoms with Gasteiger partial charge in [-0.1, -0.05) is 30.3 Å². The number of hydrogen-bond acceptors (Lipinski definition) is 4. The summed E-state index contributed by atoms with van der Waals surface area (Å²) < 4.78 is 10.5. The molecule has 0 spiro atoms. The summed E-state index contributed by atoms with van der Waals surface area (Å²) in [6, 6.07) is 9.95. The molecule has 5 heteroatoms. The first-order valence-electron chi connectivity index (χ1n) is 9.11. The largest absolute Gasteiger partial charge is 0.466 e. The Morgan fingerprint density at radius 2 is 1.80 bits per heavy atom. The van der Waals surface area contributed by atoms with Crippen molar-refractivity contribution in [1.82, 2.24) is 4.90 Å². The molecule has 1 amide bonds. The van der Waals surface area contributed by atoms with Crippen LogP contribution in [0.1, 0.15) is 45.6 Å². The Bertz CT molecular complexity index is 502. The number of ether oxygens (including phenoxy) is 2. The zero-order valence-electron chi connectivity index (χ0n) is 15.7. The second-order valence-electron chi connectivity index (χ2n) is 6.19. The normalized spacial score (nSPS) is 10.7. The van der Waals surface area contributed by atoms with Crippen LogP contribution in [0.4, 0.5) is 0 Å². The molecule has 1 aromatic rings. The van der Waals surface area contributed by atoms with Crippen LogP contribution in [0.3, 0.4) is 0 Å². The maximum absolute atomic E-state index is 12.5. The van der Waals surface area contributed by atoms with Gasteiger partial charge in [-0.05, 0) is 39.2 Å². The molecule has 5 nitrogen and oxygen atoms in total. The minimum absolute atomic E-state index is 0.0673. The lowest BCUT2D eigenvalue weighted by Gasteiger charge is -2.23. The van der Waals surface area contributed by atoms with Crippen LogP contribution < -0.4 is 0 Å². The summed E-state index contributed by atoms with van der Waals surface area (Å²) in [6.07, 6.45) is 2.33. The van der Waals surface area contributed by atoms with Crippen LogP contribution >= 0.6 is 0 Å². The average Bonchev–Trinajstić information content (AvgIpc) is 2.60. The fourth-order valence-corrected chi connectivity index (χ4v) is 2.45. The number of benzene rings is 1. The van der Waals surface area contributed by atoms with E-state index in [1.54, 1.807) is 11.8 Å². The maximum Gasteiger partial charge on any atom is 0.307 e. The molecule has 0 aliphatic heterocycles. The zero-order valence-corrected chi connectivity index (χ0v) is 15.7. The van der Waals surface area contributed by atoms with Crippen LogP contribution in [0.15, 0.2) is 30.3 Å². The van der Waals surface area contributed by atoms with E-state index in [2.05, 4.69) is 0 Å². The number of amides is 1. The van der Waals surface area contributed by atoms with E-state index in [9.17, 15) is 9.59 Å². The third-order valence-electron chi connectivity index (χ3n) is 3.74. The molecule has 0 bridgehead atoms. The summed E-state index contributed by atoms with van der Waals surface area (Å²) in [7, 11) is 0. The van der Waals surface area contributed by atoms with E-state index >= 15 is 0 Å². The van der Waals surface area contributed by atoms with E-state index in [4.69, 9.17) is 9.47 Å². The Balaban J connectivity index is 2.48. The molecule has 1 rings (SSSR count). The van der Waals surface area contributed by atoms with E-state index in [0.29, 0.717) is 39.1 Å². The lowest BCUT2D eigenvalue weighted by molar-refractivity contribution is -0.144. The van der Waals surface area contributed by atoms with Crippen molar-refractivity contribution in [3.63, 3.8) is 0 Å². The standard InChI is InChI=1S/C20H31NO4/c1-4-24-20(23)13-15-21(14-8-16-25-17(2)3)19(22)12-11-18-9-6-5-7-10-18/h5-7,9-10,17H,4,8,11-16H2,1-3H3. The first-order valence-corrected chi connectivity index (χ1v) is 9.11. The maximum atomic E-state index is 12.5. The number of aryl methyl sites for hydroxylation is 1. The number of rotatable bonds is 12. The first-order chi connectivity index (χ1) is 12.0. The summed E-state index contributed by atoms with van der Waals surface area (Å²) in [4.78, 5) is 25.9. The monoisotopic (exact) mass is 349 g/mol. The van der Waals surface area contributed by atoms with Gasteiger partial charge in [-0.3, -0.25) is 9.59 Å². The number of esters is 1. The van der Waals surface area contributed by atoms with Crippen molar-refractivity contribution in [2.45, 2.75) is 52.6 Å². The molecular formula is C20H31NO4. The molecule has 0 atom stereocenters. The Hall–Kier alpha value is -1.88. The van der Waals surface area contributed by atoms with Crippen molar-refractivity contribution >= 4 is 11.9 Å². The summed E-state index contributed by atoms with van der Waals surface area (Å²) in [5.74, 6) is -0.195. The average molecular weight is 349 g/mol. The SMILES string of the molecule is CCOC(=O)CCN(CCCOC(C)C)C(=O)CCc1ccccc1. The van der Waals surface area contributed by atoms with Gasteiger partial charge in [0.1, 0.15) is 0 Å². The van der Waals surface area contributed by atoms with Crippen LogP contribution in [0.2, 0.25) is 0 Å². The fraction of sp³-hybridized carbons (Fsp3) is 0.600. The molecule has 0 heterocycles. The lowest BCUT2D eigenvalue weighted by Crippen LogP contribution is -2.35. The van der Waals surface area contributed by atoms with Crippen LogP contribution in [0.25, 0.3) is 0 Å². The van der Waals surface area contributed by atoms with E-state index < -0.39 is 0 Å². The van der Waals surface area contributed by atoms with Gasteiger partial charge in [0.15, 0.2) is 0 Å². The van der Waals surface area contributed by atoms with Crippen LogP contribution in [0.5, 0.6) is 0 Å². The van der Waals surface area contributed by atoms with Gasteiger partial charge in [-0.2, -0.15) is 0 Å². The predicted octanol–water partition coefficient (Wildman–Crippen LogP) is 3.22. The molecule has 0 aliphatic carbocycles. The summed E-state index contributed by atoms with van der Waals surface area (Å²) in [5, 5.41) is 0. The summed E-state index contributed by atoms with van der Waals surface area (Å²) >= 11 is 0. The van der Waals surface area contributed by atoms with Gasteiger partial charge in [-0.25, -0.2) is 0 Å². The highest BCUT2D eigenvalue weighted by molar-refractivity contribution is 5.77. The van der Waals surface area contributed by atoms with Crippen molar-refractivity contribution in [3.05, 3.63) is 35.9 Å². The van der Waals surface area contributed by atoms with Crippen LogP contribution in [-0.4, -0.2) is 49.2 Å². The smallest absolute Gasteiger partial charge is 0.307 e. The second-order valence-corrected chi connectivity index (χ2v) is 6.19. The molecular weight excluding hydrogens is 318 g/mol.